The predicted octanol–water partition coefficient (Wildman–Crippen LogP) is 4.02. The van der Waals surface area contributed by atoms with Crippen LogP contribution in [0.2, 0.25) is 5.02 Å². The molecule has 0 saturated carbocycles. The number of ether oxygens (including phenoxy) is 2. The normalized spacial score (nSPS) is 10.5. The third kappa shape index (κ3) is 6.58. The smallest absolute Gasteiger partial charge is 0.329 e. The molecule has 0 aromatic heterocycles. The summed E-state index contributed by atoms with van der Waals surface area (Å²) in [4.78, 5) is 24.1. The van der Waals surface area contributed by atoms with Gasteiger partial charge in [-0.1, -0.05) is 54.1 Å². The van der Waals surface area contributed by atoms with Crippen molar-refractivity contribution in [2.45, 2.75) is 6.61 Å². The van der Waals surface area contributed by atoms with E-state index in [-0.39, 0.29) is 5.69 Å². The number of benzene rings is 3. The number of amides is 2. The fourth-order valence-corrected chi connectivity index (χ4v) is 2.77. The van der Waals surface area contributed by atoms with E-state index >= 15 is 0 Å². The molecule has 3 aromatic carbocycles. The molecule has 2 amide bonds. The zero-order valence-electron chi connectivity index (χ0n) is 16.7. The van der Waals surface area contributed by atoms with Gasteiger partial charge in [0.05, 0.1) is 19.0 Å². The van der Waals surface area contributed by atoms with Gasteiger partial charge < -0.3 is 14.8 Å². The van der Waals surface area contributed by atoms with Gasteiger partial charge in [-0.05, 0) is 41.5 Å². The number of carbonyl (C=O) groups excluding carboxylic acids is 2. The van der Waals surface area contributed by atoms with Crippen LogP contribution in [0, 0.1) is 0 Å². The number of rotatable bonds is 7. The SMILES string of the molecule is COc1ccc(Cl)cc1NC(=O)C(=O)N/N=C\c1cccc(OCc2ccccc2)c1. The van der Waals surface area contributed by atoms with Crippen molar-refractivity contribution in [3.63, 3.8) is 0 Å². The standard InChI is InChI=1S/C23H20ClN3O4/c1-30-21-11-10-18(24)13-20(21)26-22(28)23(29)27-25-14-17-8-5-9-19(12-17)31-15-16-6-3-2-4-7-16/h2-14H,15H2,1H3,(H,26,28)(H,27,29)/b25-14-. The number of methoxy groups -OCH3 is 1. The highest BCUT2D eigenvalue weighted by Gasteiger charge is 2.15. The molecule has 158 valence electrons. The fourth-order valence-electron chi connectivity index (χ4n) is 2.60. The Morgan fingerprint density at radius 2 is 1.81 bits per heavy atom. The number of hydrazone groups is 1. The van der Waals surface area contributed by atoms with Gasteiger partial charge in [0.2, 0.25) is 0 Å². The molecule has 0 aliphatic heterocycles. The highest BCUT2D eigenvalue weighted by atomic mass is 35.5. The summed E-state index contributed by atoms with van der Waals surface area (Å²) in [5.74, 6) is -0.807. The van der Waals surface area contributed by atoms with E-state index in [1.54, 1.807) is 24.3 Å². The van der Waals surface area contributed by atoms with Crippen LogP contribution in [0.1, 0.15) is 11.1 Å². The van der Waals surface area contributed by atoms with Crippen LogP contribution in [0.3, 0.4) is 0 Å². The lowest BCUT2D eigenvalue weighted by Gasteiger charge is -2.09. The monoisotopic (exact) mass is 437 g/mol. The van der Waals surface area contributed by atoms with Crippen LogP contribution in [0.15, 0.2) is 77.9 Å². The van der Waals surface area contributed by atoms with Gasteiger partial charge >= 0.3 is 11.8 Å². The minimum atomic E-state index is -0.935. The van der Waals surface area contributed by atoms with Crippen LogP contribution in [0.4, 0.5) is 5.69 Å². The molecule has 0 fully saturated rings. The Kier molecular flexibility index (Phi) is 7.61. The Labute approximate surface area is 184 Å². The van der Waals surface area contributed by atoms with Crippen LogP contribution in [0.5, 0.6) is 11.5 Å². The van der Waals surface area contributed by atoms with Gasteiger partial charge in [-0.15, -0.1) is 0 Å². The van der Waals surface area contributed by atoms with E-state index in [0.29, 0.717) is 28.7 Å². The van der Waals surface area contributed by atoms with Crippen LogP contribution in [0.25, 0.3) is 0 Å². The number of halogens is 1. The lowest BCUT2D eigenvalue weighted by Crippen LogP contribution is -2.32. The van der Waals surface area contributed by atoms with E-state index in [4.69, 9.17) is 21.1 Å². The first-order valence-electron chi connectivity index (χ1n) is 9.30. The van der Waals surface area contributed by atoms with Crippen LogP contribution in [-0.2, 0) is 16.2 Å². The molecule has 3 aromatic rings. The maximum Gasteiger partial charge on any atom is 0.329 e. The van der Waals surface area contributed by atoms with Gasteiger partial charge in [0.1, 0.15) is 18.1 Å². The largest absolute Gasteiger partial charge is 0.495 e. The molecule has 0 bridgehead atoms. The summed E-state index contributed by atoms with van der Waals surface area (Å²) in [6.45, 7) is 0.436. The van der Waals surface area contributed by atoms with E-state index < -0.39 is 11.8 Å². The lowest BCUT2D eigenvalue weighted by atomic mass is 10.2. The molecule has 0 saturated heterocycles. The number of carbonyl (C=O) groups is 2. The molecule has 31 heavy (non-hydrogen) atoms. The second-order valence-corrected chi connectivity index (χ2v) is 6.78. The molecule has 0 atom stereocenters. The van der Waals surface area contributed by atoms with Crippen molar-refractivity contribution < 1.29 is 19.1 Å². The number of nitrogens with one attached hydrogen (secondary N) is 2. The Morgan fingerprint density at radius 3 is 2.58 bits per heavy atom. The Bertz CT molecular complexity index is 1090. The van der Waals surface area contributed by atoms with Gasteiger partial charge in [-0.3, -0.25) is 9.59 Å². The molecule has 8 heteroatoms. The lowest BCUT2D eigenvalue weighted by molar-refractivity contribution is -0.136. The molecule has 0 radical (unpaired) electrons. The van der Waals surface area contributed by atoms with Crippen molar-refractivity contribution in [2.24, 2.45) is 5.10 Å². The molecule has 0 spiro atoms. The first kappa shape index (κ1) is 21.9. The zero-order valence-corrected chi connectivity index (χ0v) is 17.4. The maximum absolute atomic E-state index is 12.1. The molecular weight excluding hydrogens is 418 g/mol. The van der Waals surface area contributed by atoms with E-state index in [2.05, 4.69) is 15.8 Å². The molecule has 2 N–H and O–H groups in total. The number of anilines is 1. The van der Waals surface area contributed by atoms with E-state index in [1.807, 2.05) is 42.5 Å². The Morgan fingerprint density at radius 1 is 1.00 bits per heavy atom. The zero-order chi connectivity index (χ0) is 22.1. The third-order valence-electron chi connectivity index (χ3n) is 4.10. The van der Waals surface area contributed by atoms with Gasteiger partial charge in [-0.25, -0.2) is 5.43 Å². The summed E-state index contributed by atoms with van der Waals surface area (Å²) in [7, 11) is 1.45. The molecule has 0 heterocycles. The summed E-state index contributed by atoms with van der Waals surface area (Å²) in [6.07, 6.45) is 1.42. The highest BCUT2D eigenvalue weighted by molar-refractivity contribution is 6.40. The maximum atomic E-state index is 12.1. The molecule has 0 aliphatic carbocycles. The molecule has 0 unspecified atom stereocenters. The van der Waals surface area contributed by atoms with Crippen molar-refractivity contribution in [3.05, 3.63) is 88.9 Å². The van der Waals surface area contributed by atoms with Crippen molar-refractivity contribution in [2.75, 3.05) is 12.4 Å². The number of hydrogen-bond acceptors (Lipinski definition) is 5. The summed E-state index contributed by atoms with van der Waals surface area (Å²) in [5, 5.41) is 6.66. The van der Waals surface area contributed by atoms with E-state index in [1.165, 1.54) is 19.4 Å². The number of nitrogens with zero attached hydrogens (tertiary/aromatic N) is 1. The highest BCUT2D eigenvalue weighted by Crippen LogP contribution is 2.27. The summed E-state index contributed by atoms with van der Waals surface area (Å²) < 4.78 is 10.9. The fraction of sp³-hybridized carbons (Fsp3) is 0.0870. The van der Waals surface area contributed by atoms with Crippen molar-refractivity contribution >= 4 is 35.3 Å². The van der Waals surface area contributed by atoms with Gasteiger partial charge in [0.25, 0.3) is 0 Å². The van der Waals surface area contributed by atoms with Crippen LogP contribution < -0.4 is 20.2 Å². The van der Waals surface area contributed by atoms with Crippen LogP contribution >= 0.6 is 11.6 Å². The van der Waals surface area contributed by atoms with Crippen molar-refractivity contribution in [3.8, 4) is 11.5 Å². The quantitative estimate of drug-likeness (QED) is 0.332. The molecular formula is C23H20ClN3O4. The summed E-state index contributed by atoms with van der Waals surface area (Å²) in [5.41, 5.74) is 4.21. The second-order valence-electron chi connectivity index (χ2n) is 6.34. The average molecular weight is 438 g/mol. The second kappa shape index (κ2) is 10.8. The van der Waals surface area contributed by atoms with E-state index in [9.17, 15) is 9.59 Å². The topological polar surface area (TPSA) is 89.0 Å². The van der Waals surface area contributed by atoms with E-state index in [0.717, 1.165) is 5.56 Å². The summed E-state index contributed by atoms with van der Waals surface area (Å²) in [6, 6.07) is 21.7. The first-order valence-corrected chi connectivity index (χ1v) is 9.67. The van der Waals surface area contributed by atoms with Gasteiger partial charge in [-0.2, -0.15) is 5.10 Å². The molecule has 3 rings (SSSR count). The van der Waals surface area contributed by atoms with Gasteiger partial charge in [0, 0.05) is 5.02 Å². The Balaban J connectivity index is 1.54. The molecule has 7 nitrogen and oxygen atoms in total. The predicted molar refractivity (Wildman–Crippen MR) is 120 cm³/mol. The van der Waals surface area contributed by atoms with Gasteiger partial charge in [0.15, 0.2) is 0 Å². The van der Waals surface area contributed by atoms with Crippen LogP contribution in [-0.4, -0.2) is 25.1 Å². The minimum Gasteiger partial charge on any atom is -0.495 e. The van der Waals surface area contributed by atoms with Crippen molar-refractivity contribution in [1.82, 2.24) is 5.43 Å². The number of hydrogen-bond donors (Lipinski definition) is 2. The Hall–Kier alpha value is -3.84. The minimum absolute atomic E-state index is 0.280. The first-order chi connectivity index (χ1) is 15.0. The average Bonchev–Trinajstić information content (AvgIpc) is 2.79. The van der Waals surface area contributed by atoms with Crippen molar-refractivity contribution in [1.29, 1.82) is 0 Å². The third-order valence-corrected chi connectivity index (χ3v) is 4.34. The summed E-state index contributed by atoms with van der Waals surface area (Å²) >= 11 is 5.92. The molecule has 0 aliphatic rings.